The van der Waals surface area contributed by atoms with Crippen molar-refractivity contribution in [2.24, 2.45) is 0 Å². The molecule has 0 saturated heterocycles. The Morgan fingerprint density at radius 3 is 2.17 bits per heavy atom. The van der Waals surface area contributed by atoms with Crippen molar-refractivity contribution in [1.29, 1.82) is 0 Å². The number of benzene rings is 2. The Morgan fingerprint density at radius 2 is 1.71 bits per heavy atom. The highest BCUT2D eigenvalue weighted by atomic mass is 16.5. The molecule has 0 aliphatic rings. The monoisotopic (exact) mass is 328 g/mol. The van der Waals surface area contributed by atoms with Gasteiger partial charge >= 0.3 is 5.97 Å². The quantitative estimate of drug-likeness (QED) is 0.858. The summed E-state index contributed by atoms with van der Waals surface area (Å²) in [5.41, 5.74) is 3.50. The lowest BCUT2D eigenvalue weighted by Crippen LogP contribution is -2.15. The van der Waals surface area contributed by atoms with E-state index in [1.165, 1.54) is 0 Å². The molecule has 2 aromatic carbocycles. The average Bonchev–Trinajstić information content (AvgIpc) is 2.46. The first-order valence-electron chi connectivity index (χ1n) is 7.83. The molecule has 0 amide bonds. The summed E-state index contributed by atoms with van der Waals surface area (Å²) in [4.78, 5) is 11.7. The van der Waals surface area contributed by atoms with E-state index >= 15 is 0 Å². The molecule has 2 aromatic rings. The van der Waals surface area contributed by atoms with E-state index in [2.05, 4.69) is 0 Å². The topological polar surface area (TPSA) is 66.8 Å². The maximum absolute atomic E-state index is 11.7. The summed E-state index contributed by atoms with van der Waals surface area (Å²) in [5.74, 6) is -0.520. The number of carboxylic acid groups (broad SMARTS) is 1. The molecule has 0 radical (unpaired) electrons. The molecule has 128 valence electrons. The molecule has 2 rings (SSSR count). The van der Waals surface area contributed by atoms with Crippen molar-refractivity contribution in [2.75, 3.05) is 7.11 Å². The summed E-state index contributed by atoms with van der Waals surface area (Å²) in [6.07, 6.45) is 0. The van der Waals surface area contributed by atoms with Crippen molar-refractivity contribution in [1.82, 2.24) is 0 Å². The standard InChI is InChI=1S/C20H24O4/c1-11-9-13(24-6)7-8-14(11)15-10-16(20(3,4)5)18(21)17(12(15)2)19(22)23/h7-10,21H,1-6H3,(H,22,23). The number of carboxylic acids is 1. The number of rotatable bonds is 3. The van der Waals surface area contributed by atoms with Gasteiger partial charge in [-0.2, -0.15) is 0 Å². The van der Waals surface area contributed by atoms with E-state index in [0.29, 0.717) is 11.1 Å². The summed E-state index contributed by atoms with van der Waals surface area (Å²) >= 11 is 0. The Bertz CT molecular complexity index is 798. The van der Waals surface area contributed by atoms with E-state index in [0.717, 1.165) is 22.4 Å². The SMILES string of the molecule is COc1ccc(-c2cc(C(C)(C)C)c(O)c(C(=O)O)c2C)c(C)c1. The third-order valence-electron chi connectivity index (χ3n) is 4.31. The smallest absolute Gasteiger partial charge is 0.339 e. The van der Waals surface area contributed by atoms with E-state index < -0.39 is 5.97 Å². The van der Waals surface area contributed by atoms with Crippen LogP contribution in [0.3, 0.4) is 0 Å². The number of carbonyl (C=O) groups is 1. The minimum atomic E-state index is -1.12. The molecule has 0 atom stereocenters. The lowest BCUT2D eigenvalue weighted by atomic mass is 9.81. The van der Waals surface area contributed by atoms with Gasteiger partial charge < -0.3 is 14.9 Å². The van der Waals surface area contributed by atoms with Crippen LogP contribution in [0.5, 0.6) is 11.5 Å². The fourth-order valence-electron chi connectivity index (χ4n) is 2.95. The van der Waals surface area contributed by atoms with Gasteiger partial charge in [0.2, 0.25) is 0 Å². The highest BCUT2D eigenvalue weighted by molar-refractivity contribution is 5.96. The second kappa shape index (κ2) is 6.19. The van der Waals surface area contributed by atoms with Crippen LogP contribution in [-0.4, -0.2) is 23.3 Å². The average molecular weight is 328 g/mol. The number of ether oxygens (including phenoxy) is 1. The molecule has 24 heavy (non-hydrogen) atoms. The third-order valence-corrected chi connectivity index (χ3v) is 4.31. The van der Waals surface area contributed by atoms with Gasteiger partial charge in [0.1, 0.15) is 17.1 Å². The van der Waals surface area contributed by atoms with Gasteiger partial charge in [0.05, 0.1) is 7.11 Å². The van der Waals surface area contributed by atoms with Crippen LogP contribution in [0.2, 0.25) is 0 Å². The third kappa shape index (κ3) is 3.09. The van der Waals surface area contributed by atoms with Crippen LogP contribution in [0.25, 0.3) is 11.1 Å². The zero-order chi connectivity index (χ0) is 18.2. The van der Waals surface area contributed by atoms with E-state index in [9.17, 15) is 15.0 Å². The summed E-state index contributed by atoms with van der Waals surface area (Å²) in [5, 5.41) is 20.1. The Kier molecular flexibility index (Phi) is 4.61. The number of hydrogen-bond acceptors (Lipinski definition) is 3. The molecule has 2 N–H and O–H groups in total. The van der Waals surface area contributed by atoms with Crippen molar-refractivity contribution in [2.45, 2.75) is 40.0 Å². The molecule has 0 spiro atoms. The first-order valence-corrected chi connectivity index (χ1v) is 7.83. The molecular formula is C20H24O4. The zero-order valence-corrected chi connectivity index (χ0v) is 15.0. The Labute approximate surface area is 142 Å². The number of aromatic carboxylic acids is 1. The summed E-state index contributed by atoms with van der Waals surface area (Å²) in [7, 11) is 1.61. The van der Waals surface area contributed by atoms with Gasteiger partial charge in [-0.25, -0.2) is 4.79 Å². The van der Waals surface area contributed by atoms with Crippen molar-refractivity contribution in [3.8, 4) is 22.6 Å². The highest BCUT2D eigenvalue weighted by Gasteiger charge is 2.27. The van der Waals surface area contributed by atoms with Gasteiger partial charge in [-0.15, -0.1) is 0 Å². The first-order chi connectivity index (χ1) is 11.1. The van der Waals surface area contributed by atoms with Gasteiger partial charge in [0.15, 0.2) is 0 Å². The lowest BCUT2D eigenvalue weighted by molar-refractivity contribution is 0.0692. The Morgan fingerprint density at radius 1 is 1.08 bits per heavy atom. The van der Waals surface area contributed by atoms with Crippen LogP contribution in [0.4, 0.5) is 0 Å². The molecule has 4 heteroatoms. The molecule has 0 aromatic heterocycles. The van der Waals surface area contributed by atoms with Crippen molar-refractivity contribution in [3.05, 3.63) is 46.5 Å². The predicted molar refractivity (Wildman–Crippen MR) is 95.2 cm³/mol. The van der Waals surface area contributed by atoms with Crippen molar-refractivity contribution >= 4 is 5.97 Å². The van der Waals surface area contributed by atoms with Crippen LogP contribution < -0.4 is 4.74 Å². The van der Waals surface area contributed by atoms with Crippen LogP contribution in [-0.2, 0) is 5.41 Å². The van der Waals surface area contributed by atoms with Gasteiger partial charge in [0.25, 0.3) is 0 Å². The summed E-state index contributed by atoms with van der Waals surface area (Å²) in [6.45, 7) is 9.55. The number of aromatic hydroxyl groups is 1. The van der Waals surface area contributed by atoms with Crippen molar-refractivity contribution in [3.63, 3.8) is 0 Å². The number of methoxy groups -OCH3 is 1. The summed E-state index contributed by atoms with van der Waals surface area (Å²) in [6, 6.07) is 7.59. The Hall–Kier alpha value is -2.49. The minimum Gasteiger partial charge on any atom is -0.507 e. The maximum Gasteiger partial charge on any atom is 0.339 e. The number of phenols is 1. The van der Waals surface area contributed by atoms with Crippen LogP contribution in [0.15, 0.2) is 24.3 Å². The fourth-order valence-corrected chi connectivity index (χ4v) is 2.95. The molecule has 0 fully saturated rings. The van der Waals surface area contributed by atoms with Crippen LogP contribution in [0.1, 0.15) is 47.8 Å². The molecule has 0 bridgehead atoms. The van der Waals surface area contributed by atoms with E-state index in [1.807, 2.05) is 52.0 Å². The largest absolute Gasteiger partial charge is 0.507 e. The van der Waals surface area contributed by atoms with Crippen molar-refractivity contribution < 1.29 is 19.7 Å². The van der Waals surface area contributed by atoms with E-state index in [4.69, 9.17) is 4.74 Å². The molecule has 0 aliphatic carbocycles. The summed E-state index contributed by atoms with van der Waals surface area (Å²) < 4.78 is 5.24. The molecular weight excluding hydrogens is 304 g/mol. The lowest BCUT2D eigenvalue weighted by Gasteiger charge is -2.24. The van der Waals surface area contributed by atoms with E-state index in [1.54, 1.807) is 14.0 Å². The second-order valence-electron chi connectivity index (χ2n) is 7.06. The predicted octanol–water partition coefficient (Wildman–Crippen LogP) is 4.68. The normalized spacial score (nSPS) is 11.4. The van der Waals surface area contributed by atoms with Gasteiger partial charge in [-0.05, 0) is 59.7 Å². The maximum atomic E-state index is 11.7. The van der Waals surface area contributed by atoms with Gasteiger partial charge in [-0.3, -0.25) is 0 Å². The zero-order valence-electron chi connectivity index (χ0n) is 15.0. The molecule has 0 saturated carbocycles. The fraction of sp³-hybridized carbons (Fsp3) is 0.350. The van der Waals surface area contributed by atoms with Gasteiger partial charge in [-0.1, -0.05) is 26.8 Å². The second-order valence-corrected chi connectivity index (χ2v) is 7.06. The number of aryl methyl sites for hydroxylation is 1. The van der Waals surface area contributed by atoms with Gasteiger partial charge in [0, 0.05) is 5.56 Å². The highest BCUT2D eigenvalue weighted by Crippen LogP contribution is 2.41. The van der Waals surface area contributed by atoms with E-state index in [-0.39, 0.29) is 16.7 Å². The molecule has 0 heterocycles. The first kappa shape index (κ1) is 17.9. The van der Waals surface area contributed by atoms with Crippen LogP contribution in [0, 0.1) is 13.8 Å². The minimum absolute atomic E-state index is 0.0346. The molecule has 0 aliphatic heterocycles. The number of hydrogen-bond donors (Lipinski definition) is 2. The molecule has 4 nitrogen and oxygen atoms in total. The Balaban J connectivity index is 2.84. The van der Waals surface area contributed by atoms with Crippen LogP contribution >= 0.6 is 0 Å². The molecule has 0 unspecified atom stereocenters.